The Balaban J connectivity index is 2.00. The fraction of sp³-hybridized carbons (Fsp3) is 0.412. The second-order valence-electron chi connectivity index (χ2n) is 5.31. The molecular weight excluding hydrogens is 294 g/mol. The van der Waals surface area contributed by atoms with Crippen molar-refractivity contribution in [2.75, 3.05) is 11.9 Å². The number of carbonyl (C=O) groups is 1. The lowest BCUT2D eigenvalue weighted by molar-refractivity contribution is -0.115. The number of rotatable bonds is 7. The van der Waals surface area contributed by atoms with Gasteiger partial charge >= 0.3 is 0 Å². The van der Waals surface area contributed by atoms with Crippen molar-refractivity contribution in [3.63, 3.8) is 0 Å². The smallest absolute Gasteiger partial charge is 0.230 e. The summed E-state index contributed by atoms with van der Waals surface area (Å²) in [5.74, 6) is -0.0142. The van der Waals surface area contributed by atoms with E-state index in [9.17, 15) is 4.79 Å². The van der Waals surface area contributed by atoms with Gasteiger partial charge in [-0.25, -0.2) is 4.98 Å². The van der Waals surface area contributed by atoms with Gasteiger partial charge in [-0.3, -0.25) is 4.79 Å². The van der Waals surface area contributed by atoms with Crippen molar-refractivity contribution in [2.24, 2.45) is 5.73 Å². The fourth-order valence-corrected chi connectivity index (χ4v) is 3.19. The number of thiazole rings is 1. The van der Waals surface area contributed by atoms with E-state index in [1.54, 1.807) is 11.3 Å². The minimum atomic E-state index is -0.0142. The van der Waals surface area contributed by atoms with Gasteiger partial charge in [-0.15, -0.1) is 11.3 Å². The number of nitrogens with zero attached hydrogens (tertiary/aromatic N) is 1. The van der Waals surface area contributed by atoms with Crippen LogP contribution in [0, 0.1) is 6.92 Å². The summed E-state index contributed by atoms with van der Waals surface area (Å²) in [5.41, 5.74) is 9.53. The number of carbonyl (C=O) groups excluding carboxylic acids is 1. The monoisotopic (exact) mass is 317 g/mol. The van der Waals surface area contributed by atoms with Gasteiger partial charge in [-0.2, -0.15) is 0 Å². The van der Waals surface area contributed by atoms with Gasteiger partial charge in [-0.05, 0) is 37.4 Å². The zero-order chi connectivity index (χ0) is 15.9. The predicted molar refractivity (Wildman–Crippen MR) is 92.4 cm³/mol. The molecule has 2 rings (SSSR count). The SMILES string of the molecule is CCc1cccc(C)c1NC(=O)Cc1csc(CCCN)n1. The summed E-state index contributed by atoms with van der Waals surface area (Å²) >= 11 is 1.60. The highest BCUT2D eigenvalue weighted by Gasteiger charge is 2.11. The molecule has 2 aromatic rings. The molecule has 0 bridgehead atoms. The Morgan fingerprint density at radius 3 is 2.95 bits per heavy atom. The molecule has 0 aliphatic heterocycles. The fourth-order valence-electron chi connectivity index (χ4n) is 2.35. The molecule has 1 aromatic carbocycles. The zero-order valence-corrected chi connectivity index (χ0v) is 14.0. The Kier molecular flexibility index (Phi) is 6.10. The van der Waals surface area contributed by atoms with Crippen molar-refractivity contribution in [1.29, 1.82) is 0 Å². The van der Waals surface area contributed by atoms with Crippen LogP contribution in [0.4, 0.5) is 5.69 Å². The lowest BCUT2D eigenvalue weighted by Crippen LogP contribution is -2.16. The molecule has 1 amide bonds. The van der Waals surface area contributed by atoms with Gasteiger partial charge in [0.15, 0.2) is 0 Å². The van der Waals surface area contributed by atoms with Crippen molar-refractivity contribution in [1.82, 2.24) is 4.98 Å². The molecule has 0 unspecified atom stereocenters. The molecule has 5 heteroatoms. The third-order valence-electron chi connectivity index (χ3n) is 3.54. The Hall–Kier alpha value is -1.72. The van der Waals surface area contributed by atoms with Gasteiger partial charge in [0.1, 0.15) is 0 Å². The summed E-state index contributed by atoms with van der Waals surface area (Å²) < 4.78 is 0. The van der Waals surface area contributed by atoms with Crippen molar-refractivity contribution in [3.05, 3.63) is 45.4 Å². The average molecular weight is 317 g/mol. The summed E-state index contributed by atoms with van der Waals surface area (Å²) in [5, 5.41) is 6.05. The lowest BCUT2D eigenvalue weighted by atomic mass is 10.1. The maximum atomic E-state index is 12.3. The number of hydrogen-bond donors (Lipinski definition) is 2. The van der Waals surface area contributed by atoms with Crippen LogP contribution in [0.2, 0.25) is 0 Å². The van der Waals surface area contributed by atoms with Crippen LogP contribution in [0.25, 0.3) is 0 Å². The summed E-state index contributed by atoms with van der Waals surface area (Å²) in [6.45, 7) is 4.78. The normalized spacial score (nSPS) is 10.7. The molecule has 0 saturated heterocycles. The summed E-state index contributed by atoms with van der Waals surface area (Å²) in [6, 6.07) is 6.09. The van der Waals surface area contributed by atoms with Crippen molar-refractivity contribution >= 4 is 22.9 Å². The third kappa shape index (κ3) is 4.39. The first-order chi connectivity index (χ1) is 10.6. The van der Waals surface area contributed by atoms with Gasteiger partial charge in [0.2, 0.25) is 5.91 Å². The quantitative estimate of drug-likeness (QED) is 0.824. The number of aryl methyl sites for hydroxylation is 3. The van der Waals surface area contributed by atoms with Crippen LogP contribution >= 0.6 is 11.3 Å². The minimum Gasteiger partial charge on any atom is -0.330 e. The lowest BCUT2D eigenvalue weighted by Gasteiger charge is -2.12. The highest BCUT2D eigenvalue weighted by molar-refractivity contribution is 7.09. The predicted octanol–water partition coefficient (Wildman–Crippen LogP) is 3.09. The van der Waals surface area contributed by atoms with Crippen LogP contribution in [0.15, 0.2) is 23.6 Å². The molecule has 0 fully saturated rings. The van der Waals surface area contributed by atoms with E-state index >= 15 is 0 Å². The van der Waals surface area contributed by atoms with Gasteiger partial charge in [0.25, 0.3) is 0 Å². The minimum absolute atomic E-state index is 0.0142. The molecule has 0 atom stereocenters. The molecule has 0 aliphatic rings. The summed E-state index contributed by atoms with van der Waals surface area (Å²) in [7, 11) is 0. The van der Waals surface area contributed by atoms with Crippen LogP contribution in [-0.4, -0.2) is 17.4 Å². The van der Waals surface area contributed by atoms with E-state index in [4.69, 9.17) is 5.73 Å². The number of nitrogens with two attached hydrogens (primary N) is 1. The highest BCUT2D eigenvalue weighted by atomic mass is 32.1. The molecule has 0 saturated carbocycles. The largest absolute Gasteiger partial charge is 0.330 e. The van der Waals surface area contributed by atoms with Crippen LogP contribution in [0.1, 0.15) is 35.2 Å². The summed E-state index contributed by atoms with van der Waals surface area (Å²) in [4.78, 5) is 16.8. The van der Waals surface area contributed by atoms with Gasteiger partial charge < -0.3 is 11.1 Å². The number of aromatic nitrogens is 1. The number of benzene rings is 1. The topological polar surface area (TPSA) is 68.0 Å². The average Bonchev–Trinajstić information content (AvgIpc) is 2.94. The number of amides is 1. The number of hydrogen-bond acceptors (Lipinski definition) is 4. The van der Waals surface area contributed by atoms with Gasteiger partial charge in [0, 0.05) is 17.5 Å². The Morgan fingerprint density at radius 1 is 1.41 bits per heavy atom. The molecule has 22 heavy (non-hydrogen) atoms. The second-order valence-corrected chi connectivity index (χ2v) is 6.26. The Labute approximate surface area is 135 Å². The highest BCUT2D eigenvalue weighted by Crippen LogP contribution is 2.21. The Bertz CT molecular complexity index is 637. The molecule has 0 aliphatic carbocycles. The van der Waals surface area contributed by atoms with Crippen LogP contribution < -0.4 is 11.1 Å². The Morgan fingerprint density at radius 2 is 2.23 bits per heavy atom. The molecule has 1 heterocycles. The number of nitrogens with one attached hydrogen (secondary N) is 1. The molecule has 4 nitrogen and oxygen atoms in total. The van der Waals surface area contributed by atoms with Crippen LogP contribution in [-0.2, 0) is 24.1 Å². The van der Waals surface area contributed by atoms with E-state index in [0.29, 0.717) is 13.0 Å². The standard InChI is InChI=1S/C17H23N3OS/c1-3-13-7-4-6-12(2)17(13)20-15(21)10-14-11-22-16(19-14)8-5-9-18/h4,6-7,11H,3,5,8-10,18H2,1-2H3,(H,20,21). The van der Waals surface area contributed by atoms with E-state index in [1.807, 2.05) is 24.4 Å². The zero-order valence-electron chi connectivity index (χ0n) is 13.2. The van der Waals surface area contributed by atoms with E-state index in [2.05, 4.69) is 23.3 Å². The first-order valence-electron chi connectivity index (χ1n) is 7.65. The van der Waals surface area contributed by atoms with E-state index < -0.39 is 0 Å². The molecule has 0 radical (unpaired) electrons. The van der Waals surface area contributed by atoms with Crippen molar-refractivity contribution in [2.45, 2.75) is 39.5 Å². The van der Waals surface area contributed by atoms with E-state index in [-0.39, 0.29) is 5.91 Å². The first kappa shape index (κ1) is 16.6. The van der Waals surface area contributed by atoms with Crippen LogP contribution in [0.3, 0.4) is 0 Å². The number of anilines is 1. The maximum absolute atomic E-state index is 12.3. The van der Waals surface area contributed by atoms with Gasteiger partial charge in [0.05, 0.1) is 17.1 Å². The molecule has 0 spiro atoms. The molecule has 3 N–H and O–H groups in total. The van der Waals surface area contributed by atoms with E-state index in [1.165, 1.54) is 0 Å². The van der Waals surface area contributed by atoms with Crippen LogP contribution in [0.5, 0.6) is 0 Å². The third-order valence-corrected chi connectivity index (χ3v) is 4.50. The summed E-state index contributed by atoms with van der Waals surface area (Å²) in [6.07, 6.45) is 3.04. The number of para-hydroxylation sites is 1. The van der Waals surface area contributed by atoms with Crippen molar-refractivity contribution in [3.8, 4) is 0 Å². The molecule has 1 aromatic heterocycles. The van der Waals surface area contributed by atoms with Crippen molar-refractivity contribution < 1.29 is 4.79 Å². The van der Waals surface area contributed by atoms with Gasteiger partial charge in [-0.1, -0.05) is 25.1 Å². The first-order valence-corrected chi connectivity index (χ1v) is 8.53. The maximum Gasteiger partial charge on any atom is 0.230 e. The molecular formula is C17H23N3OS. The second kappa shape index (κ2) is 8.06. The molecule has 118 valence electrons. The van der Waals surface area contributed by atoms with E-state index in [0.717, 1.165) is 46.8 Å².